The molecule has 0 fully saturated rings. The monoisotopic (exact) mass is 427 g/mol. The molecule has 0 atom stereocenters. The first kappa shape index (κ1) is 22.9. The van der Waals surface area contributed by atoms with E-state index < -0.39 is 5.92 Å². The van der Waals surface area contributed by atoms with Crippen molar-refractivity contribution in [1.29, 1.82) is 0 Å². The van der Waals surface area contributed by atoms with Crippen LogP contribution in [0.25, 0.3) is 0 Å². The predicted octanol–water partition coefficient (Wildman–Crippen LogP) is 4.60. The Labute approximate surface area is 189 Å². The van der Waals surface area contributed by atoms with E-state index in [1.807, 2.05) is 79.7 Å². The predicted molar refractivity (Wildman–Crippen MR) is 129 cm³/mol. The molecule has 3 aromatic carbocycles. The molecule has 0 spiro atoms. The number of amides is 2. The molecule has 32 heavy (non-hydrogen) atoms. The van der Waals surface area contributed by atoms with E-state index in [9.17, 15) is 9.59 Å². The van der Waals surface area contributed by atoms with Gasteiger partial charge in [0, 0.05) is 0 Å². The summed E-state index contributed by atoms with van der Waals surface area (Å²) in [4.78, 5) is 25.3. The molecule has 0 aliphatic heterocycles. The maximum absolute atomic E-state index is 13.0. The summed E-state index contributed by atoms with van der Waals surface area (Å²) in [5.74, 6) is -0.644. The fourth-order valence-corrected chi connectivity index (χ4v) is 3.42. The van der Waals surface area contributed by atoms with Crippen LogP contribution in [0, 0.1) is 0 Å². The zero-order valence-corrected chi connectivity index (χ0v) is 18.7. The van der Waals surface area contributed by atoms with Crippen molar-refractivity contribution in [3.05, 3.63) is 107 Å². The van der Waals surface area contributed by atoms with Gasteiger partial charge < -0.3 is 5.32 Å². The molecule has 0 radical (unpaired) electrons. The topological polar surface area (TPSA) is 70.6 Å². The quantitative estimate of drug-likeness (QED) is 0.407. The first-order valence-electron chi connectivity index (χ1n) is 10.8. The minimum atomic E-state index is -0.491. The lowest BCUT2D eigenvalue weighted by atomic mass is 9.90. The summed E-state index contributed by atoms with van der Waals surface area (Å²) < 4.78 is 0. The zero-order chi connectivity index (χ0) is 22.9. The van der Waals surface area contributed by atoms with Gasteiger partial charge in [-0.1, -0.05) is 98.8 Å². The molecule has 0 unspecified atom stereocenters. The third-order valence-electron chi connectivity index (χ3n) is 5.29. The third-order valence-corrected chi connectivity index (χ3v) is 5.29. The summed E-state index contributed by atoms with van der Waals surface area (Å²) in [7, 11) is 0. The standard InChI is InChI=1S/C27H29N3O2/c1-19(2)21-14-16-22(17-15-21)20(3)29-30-25(31)18-28-27(32)26(23-10-6-4-7-11-23)24-12-8-5-9-13-24/h4-17,19,26H,18H2,1-3H3,(H,28,32)(H,30,31)/b29-20+. The molecular formula is C27H29N3O2. The molecule has 0 bridgehead atoms. The van der Waals surface area contributed by atoms with Crippen molar-refractivity contribution in [1.82, 2.24) is 10.7 Å². The van der Waals surface area contributed by atoms with Gasteiger partial charge in [-0.05, 0) is 35.1 Å². The van der Waals surface area contributed by atoms with Crippen LogP contribution >= 0.6 is 0 Å². The van der Waals surface area contributed by atoms with Crippen LogP contribution < -0.4 is 10.7 Å². The highest BCUT2D eigenvalue weighted by Gasteiger charge is 2.22. The molecule has 2 N–H and O–H groups in total. The molecule has 0 aliphatic rings. The number of nitrogens with one attached hydrogen (secondary N) is 2. The second kappa shape index (κ2) is 11.0. The SMILES string of the molecule is C/C(=N\NC(=O)CNC(=O)C(c1ccccc1)c1ccccc1)c1ccc(C(C)C)cc1. The highest BCUT2D eigenvalue weighted by molar-refractivity contribution is 5.99. The molecule has 2 amide bonds. The number of hydrogen-bond donors (Lipinski definition) is 2. The fraction of sp³-hybridized carbons (Fsp3) is 0.222. The van der Waals surface area contributed by atoms with Gasteiger partial charge in [-0.25, -0.2) is 5.43 Å². The number of rotatable bonds is 8. The lowest BCUT2D eigenvalue weighted by Gasteiger charge is -2.17. The Bertz CT molecular complexity index is 1020. The number of benzene rings is 3. The highest BCUT2D eigenvalue weighted by Crippen LogP contribution is 2.24. The van der Waals surface area contributed by atoms with Crippen LogP contribution in [0.2, 0.25) is 0 Å². The number of carbonyl (C=O) groups is 2. The van der Waals surface area contributed by atoms with E-state index in [4.69, 9.17) is 0 Å². The van der Waals surface area contributed by atoms with E-state index >= 15 is 0 Å². The Morgan fingerprint density at radius 2 is 1.31 bits per heavy atom. The van der Waals surface area contributed by atoms with Gasteiger partial charge in [0.2, 0.25) is 5.91 Å². The van der Waals surface area contributed by atoms with Gasteiger partial charge in [0.25, 0.3) is 5.91 Å². The van der Waals surface area contributed by atoms with Gasteiger partial charge in [-0.15, -0.1) is 0 Å². The Balaban J connectivity index is 1.61. The van der Waals surface area contributed by atoms with E-state index in [2.05, 4.69) is 41.8 Å². The molecule has 0 aliphatic carbocycles. The fourth-order valence-electron chi connectivity index (χ4n) is 3.42. The van der Waals surface area contributed by atoms with Gasteiger partial charge >= 0.3 is 0 Å². The van der Waals surface area contributed by atoms with Crippen LogP contribution in [0.3, 0.4) is 0 Å². The van der Waals surface area contributed by atoms with Gasteiger partial charge in [-0.3, -0.25) is 9.59 Å². The Morgan fingerprint density at radius 3 is 1.81 bits per heavy atom. The van der Waals surface area contributed by atoms with Crippen molar-refractivity contribution in [3.8, 4) is 0 Å². The van der Waals surface area contributed by atoms with Gasteiger partial charge in [0.05, 0.1) is 18.2 Å². The summed E-state index contributed by atoms with van der Waals surface area (Å²) in [5, 5.41) is 6.92. The number of carbonyl (C=O) groups excluding carboxylic acids is 2. The van der Waals surface area contributed by atoms with Crippen LogP contribution in [0.4, 0.5) is 0 Å². The number of hydrogen-bond acceptors (Lipinski definition) is 3. The van der Waals surface area contributed by atoms with Crippen LogP contribution in [-0.2, 0) is 9.59 Å². The van der Waals surface area contributed by atoms with Crippen molar-refractivity contribution in [2.45, 2.75) is 32.6 Å². The molecule has 5 heteroatoms. The van der Waals surface area contributed by atoms with Crippen molar-refractivity contribution in [3.63, 3.8) is 0 Å². The van der Waals surface area contributed by atoms with E-state index in [1.54, 1.807) is 0 Å². The van der Waals surface area contributed by atoms with Gasteiger partial charge in [0.1, 0.15) is 0 Å². The van der Waals surface area contributed by atoms with Crippen molar-refractivity contribution >= 4 is 17.5 Å². The molecule has 3 rings (SSSR count). The second-order valence-electron chi connectivity index (χ2n) is 7.98. The Morgan fingerprint density at radius 1 is 0.781 bits per heavy atom. The van der Waals surface area contributed by atoms with Crippen LogP contribution in [0.1, 0.15) is 54.9 Å². The Kier molecular flexibility index (Phi) is 7.92. The molecule has 0 saturated carbocycles. The van der Waals surface area contributed by atoms with Crippen molar-refractivity contribution in [2.24, 2.45) is 5.10 Å². The molecule has 0 saturated heterocycles. The second-order valence-corrected chi connectivity index (χ2v) is 7.98. The van der Waals surface area contributed by atoms with Crippen LogP contribution in [-0.4, -0.2) is 24.1 Å². The molecule has 0 aromatic heterocycles. The van der Waals surface area contributed by atoms with Crippen molar-refractivity contribution < 1.29 is 9.59 Å². The molecule has 5 nitrogen and oxygen atoms in total. The molecule has 3 aromatic rings. The van der Waals surface area contributed by atoms with Gasteiger partial charge in [0.15, 0.2) is 0 Å². The molecular weight excluding hydrogens is 398 g/mol. The highest BCUT2D eigenvalue weighted by atomic mass is 16.2. The van der Waals surface area contributed by atoms with E-state index in [-0.39, 0.29) is 18.4 Å². The number of hydrazone groups is 1. The summed E-state index contributed by atoms with van der Waals surface area (Å²) >= 11 is 0. The van der Waals surface area contributed by atoms with Crippen molar-refractivity contribution in [2.75, 3.05) is 6.54 Å². The lowest BCUT2D eigenvalue weighted by molar-refractivity contribution is -0.126. The minimum Gasteiger partial charge on any atom is -0.346 e. The molecule has 164 valence electrons. The van der Waals surface area contributed by atoms with Crippen LogP contribution in [0.5, 0.6) is 0 Å². The molecule has 0 heterocycles. The third kappa shape index (κ3) is 6.14. The average Bonchev–Trinajstić information content (AvgIpc) is 2.82. The minimum absolute atomic E-state index is 0.155. The lowest BCUT2D eigenvalue weighted by Crippen LogP contribution is -2.38. The first-order valence-corrected chi connectivity index (χ1v) is 10.8. The Hall–Kier alpha value is -3.73. The largest absolute Gasteiger partial charge is 0.346 e. The van der Waals surface area contributed by atoms with E-state index in [1.165, 1.54) is 5.56 Å². The van der Waals surface area contributed by atoms with Gasteiger partial charge in [-0.2, -0.15) is 5.10 Å². The smallest absolute Gasteiger partial charge is 0.259 e. The van der Waals surface area contributed by atoms with E-state index in [0.717, 1.165) is 16.7 Å². The summed E-state index contributed by atoms with van der Waals surface area (Å²) in [6.45, 7) is 5.97. The normalized spacial score (nSPS) is 11.5. The summed E-state index contributed by atoms with van der Waals surface area (Å²) in [6, 6.07) is 27.2. The first-order chi connectivity index (χ1) is 15.5. The summed E-state index contributed by atoms with van der Waals surface area (Å²) in [6.07, 6.45) is 0. The summed E-state index contributed by atoms with van der Waals surface area (Å²) in [5.41, 5.74) is 7.15. The van der Waals surface area contributed by atoms with E-state index in [0.29, 0.717) is 11.6 Å². The number of nitrogens with zero attached hydrogens (tertiary/aromatic N) is 1. The zero-order valence-electron chi connectivity index (χ0n) is 18.7. The maximum Gasteiger partial charge on any atom is 0.259 e. The maximum atomic E-state index is 13.0. The average molecular weight is 428 g/mol. The van der Waals surface area contributed by atoms with Crippen LogP contribution in [0.15, 0.2) is 90.0 Å².